The van der Waals surface area contributed by atoms with E-state index in [0.29, 0.717) is 17.1 Å². The van der Waals surface area contributed by atoms with Crippen LogP contribution in [-0.4, -0.2) is 27.2 Å². The van der Waals surface area contributed by atoms with Gasteiger partial charge in [-0.2, -0.15) is 0 Å². The van der Waals surface area contributed by atoms with Crippen LogP contribution in [0.15, 0.2) is 72.8 Å². The lowest BCUT2D eigenvalue weighted by Gasteiger charge is -2.23. The van der Waals surface area contributed by atoms with E-state index in [1.165, 1.54) is 11.6 Å². The maximum Gasteiger partial charge on any atom is 0.262 e. The lowest BCUT2D eigenvalue weighted by Crippen LogP contribution is -2.29. The predicted molar refractivity (Wildman–Crippen MR) is 124 cm³/mol. The lowest BCUT2D eigenvalue weighted by molar-refractivity contribution is -0.118. The molecule has 3 aromatic rings. The molecule has 0 aliphatic rings. The van der Waals surface area contributed by atoms with E-state index in [1.54, 1.807) is 42.5 Å². The SMILES string of the molecule is CCc1ccc(NC(=O)COc2ccc(N(Cc3ccccc3F)S(C)(=O)=O)cc2)cc1. The monoisotopic (exact) mass is 456 g/mol. The minimum Gasteiger partial charge on any atom is -0.484 e. The van der Waals surface area contributed by atoms with Crippen molar-refractivity contribution in [1.82, 2.24) is 0 Å². The molecule has 0 heterocycles. The van der Waals surface area contributed by atoms with Gasteiger partial charge in [0.2, 0.25) is 10.0 Å². The topological polar surface area (TPSA) is 75.7 Å². The number of carbonyl (C=O) groups is 1. The normalized spacial score (nSPS) is 11.1. The number of amides is 1. The Kier molecular flexibility index (Phi) is 7.48. The summed E-state index contributed by atoms with van der Waals surface area (Å²) in [5, 5.41) is 2.76. The van der Waals surface area contributed by atoms with Crippen LogP contribution in [0.5, 0.6) is 5.75 Å². The number of anilines is 2. The molecule has 0 aromatic heterocycles. The van der Waals surface area contributed by atoms with Crippen LogP contribution in [-0.2, 0) is 27.8 Å². The van der Waals surface area contributed by atoms with Gasteiger partial charge in [-0.15, -0.1) is 0 Å². The molecular weight excluding hydrogens is 431 g/mol. The second-order valence-electron chi connectivity index (χ2n) is 7.24. The second kappa shape index (κ2) is 10.3. The molecule has 6 nitrogen and oxygen atoms in total. The first kappa shape index (κ1) is 23.3. The van der Waals surface area contributed by atoms with Crippen molar-refractivity contribution in [1.29, 1.82) is 0 Å². The number of hydrogen-bond donors (Lipinski definition) is 1. The number of ether oxygens (including phenoxy) is 1. The predicted octanol–water partition coefficient (Wildman–Crippen LogP) is 4.37. The van der Waals surface area contributed by atoms with Crippen LogP contribution in [0.1, 0.15) is 18.1 Å². The molecule has 1 amide bonds. The molecule has 0 spiro atoms. The number of aryl methyl sites for hydroxylation is 1. The van der Waals surface area contributed by atoms with Crippen LogP contribution in [0.25, 0.3) is 0 Å². The Labute approximate surface area is 187 Å². The molecule has 168 valence electrons. The zero-order chi connectivity index (χ0) is 23.1. The Morgan fingerprint density at radius 2 is 1.66 bits per heavy atom. The molecule has 0 aliphatic heterocycles. The Morgan fingerprint density at radius 1 is 1.00 bits per heavy atom. The van der Waals surface area contributed by atoms with Gasteiger partial charge in [-0.1, -0.05) is 37.3 Å². The smallest absolute Gasteiger partial charge is 0.262 e. The molecule has 1 N–H and O–H groups in total. The van der Waals surface area contributed by atoms with Crippen molar-refractivity contribution in [2.24, 2.45) is 0 Å². The molecule has 0 fully saturated rings. The van der Waals surface area contributed by atoms with Gasteiger partial charge < -0.3 is 10.1 Å². The number of sulfonamides is 1. The summed E-state index contributed by atoms with van der Waals surface area (Å²) in [6.45, 7) is 1.73. The molecule has 32 heavy (non-hydrogen) atoms. The fourth-order valence-electron chi connectivity index (χ4n) is 3.06. The third kappa shape index (κ3) is 6.31. The molecule has 0 saturated heterocycles. The fourth-order valence-corrected chi connectivity index (χ4v) is 3.94. The quantitative estimate of drug-likeness (QED) is 0.519. The van der Waals surface area contributed by atoms with Crippen molar-refractivity contribution in [2.45, 2.75) is 19.9 Å². The third-order valence-electron chi connectivity index (χ3n) is 4.81. The highest BCUT2D eigenvalue weighted by molar-refractivity contribution is 7.92. The number of rotatable bonds is 9. The van der Waals surface area contributed by atoms with Crippen molar-refractivity contribution in [2.75, 3.05) is 22.5 Å². The first-order chi connectivity index (χ1) is 15.3. The van der Waals surface area contributed by atoms with E-state index in [9.17, 15) is 17.6 Å². The summed E-state index contributed by atoms with van der Waals surface area (Å²) in [7, 11) is -3.65. The number of halogens is 1. The molecule has 0 bridgehead atoms. The molecule has 0 unspecified atom stereocenters. The summed E-state index contributed by atoms with van der Waals surface area (Å²) in [4.78, 5) is 12.1. The van der Waals surface area contributed by atoms with Crippen molar-refractivity contribution in [3.05, 3.63) is 89.7 Å². The van der Waals surface area contributed by atoms with Crippen LogP contribution >= 0.6 is 0 Å². The van der Waals surface area contributed by atoms with Crippen LogP contribution in [0.2, 0.25) is 0 Å². The second-order valence-corrected chi connectivity index (χ2v) is 9.15. The molecule has 8 heteroatoms. The van der Waals surface area contributed by atoms with Crippen LogP contribution in [0, 0.1) is 5.82 Å². The maximum absolute atomic E-state index is 14.0. The number of nitrogens with one attached hydrogen (secondary N) is 1. The van der Waals surface area contributed by atoms with Crippen molar-refractivity contribution in [3.63, 3.8) is 0 Å². The zero-order valence-corrected chi connectivity index (χ0v) is 18.7. The summed E-state index contributed by atoms with van der Waals surface area (Å²) >= 11 is 0. The Hall–Kier alpha value is -3.39. The highest BCUT2D eigenvalue weighted by Gasteiger charge is 2.19. The largest absolute Gasteiger partial charge is 0.484 e. The van der Waals surface area contributed by atoms with Gasteiger partial charge >= 0.3 is 0 Å². The average molecular weight is 457 g/mol. The van der Waals surface area contributed by atoms with E-state index in [4.69, 9.17) is 4.74 Å². The Bertz CT molecular complexity index is 1160. The van der Waals surface area contributed by atoms with Crippen molar-refractivity contribution in [3.8, 4) is 5.75 Å². The Balaban J connectivity index is 1.63. The van der Waals surface area contributed by atoms with Crippen LogP contribution in [0.3, 0.4) is 0 Å². The van der Waals surface area contributed by atoms with E-state index < -0.39 is 15.8 Å². The summed E-state index contributed by atoms with van der Waals surface area (Å²) < 4.78 is 45.2. The van der Waals surface area contributed by atoms with E-state index >= 15 is 0 Å². The molecule has 3 aromatic carbocycles. The van der Waals surface area contributed by atoms with E-state index in [-0.39, 0.29) is 24.6 Å². The van der Waals surface area contributed by atoms with Gasteiger partial charge in [-0.3, -0.25) is 9.10 Å². The van der Waals surface area contributed by atoms with E-state index in [2.05, 4.69) is 12.2 Å². The standard InChI is InChI=1S/C24H25FN2O4S/c1-3-18-8-10-20(11-9-18)26-24(28)17-31-22-14-12-21(13-15-22)27(32(2,29)30)16-19-6-4-5-7-23(19)25/h4-15H,3,16-17H2,1-2H3,(H,26,28). The first-order valence-electron chi connectivity index (χ1n) is 10.1. The first-order valence-corrected chi connectivity index (χ1v) is 11.9. The third-order valence-corrected chi connectivity index (χ3v) is 5.95. The van der Waals surface area contributed by atoms with Gasteiger partial charge in [0.1, 0.15) is 11.6 Å². The van der Waals surface area contributed by atoms with Gasteiger partial charge in [-0.05, 0) is 54.4 Å². The van der Waals surface area contributed by atoms with Gasteiger partial charge in [0, 0.05) is 11.3 Å². The molecule has 0 saturated carbocycles. The molecular formula is C24H25FN2O4S. The summed E-state index contributed by atoms with van der Waals surface area (Å²) in [5.74, 6) is -0.378. The van der Waals surface area contributed by atoms with Crippen molar-refractivity contribution < 1.29 is 22.3 Å². The van der Waals surface area contributed by atoms with E-state index in [0.717, 1.165) is 17.0 Å². The van der Waals surface area contributed by atoms with Crippen LogP contribution < -0.4 is 14.4 Å². The van der Waals surface area contributed by atoms with E-state index in [1.807, 2.05) is 24.3 Å². The number of benzene rings is 3. The molecule has 3 rings (SSSR count). The van der Waals surface area contributed by atoms with Gasteiger partial charge in [0.25, 0.3) is 5.91 Å². The van der Waals surface area contributed by atoms with Gasteiger partial charge in [0.15, 0.2) is 6.61 Å². The minimum absolute atomic E-state index is 0.134. The highest BCUT2D eigenvalue weighted by Crippen LogP contribution is 2.24. The van der Waals surface area contributed by atoms with Crippen LogP contribution in [0.4, 0.5) is 15.8 Å². The molecule has 0 radical (unpaired) electrons. The number of hydrogen-bond acceptors (Lipinski definition) is 4. The average Bonchev–Trinajstić information content (AvgIpc) is 2.77. The summed E-state index contributed by atoms with van der Waals surface area (Å²) in [5.41, 5.74) is 2.49. The highest BCUT2D eigenvalue weighted by atomic mass is 32.2. The van der Waals surface area contributed by atoms with Gasteiger partial charge in [0.05, 0.1) is 18.5 Å². The Morgan fingerprint density at radius 3 is 2.25 bits per heavy atom. The summed E-state index contributed by atoms with van der Waals surface area (Å²) in [6.07, 6.45) is 1.99. The zero-order valence-electron chi connectivity index (χ0n) is 17.9. The molecule has 0 atom stereocenters. The fraction of sp³-hybridized carbons (Fsp3) is 0.208. The van der Waals surface area contributed by atoms with Gasteiger partial charge in [-0.25, -0.2) is 12.8 Å². The summed E-state index contributed by atoms with van der Waals surface area (Å²) in [6, 6.07) is 19.8. The minimum atomic E-state index is -3.65. The molecule has 0 aliphatic carbocycles. The number of nitrogens with zero attached hydrogens (tertiary/aromatic N) is 1. The number of carbonyl (C=O) groups excluding carboxylic acids is 1. The lowest BCUT2D eigenvalue weighted by atomic mass is 10.1. The van der Waals surface area contributed by atoms with Crippen molar-refractivity contribution >= 4 is 27.3 Å². The maximum atomic E-state index is 14.0.